The molecule has 2 amide bonds. The number of fused-ring (bicyclic) bond motifs is 1. The SMILES string of the molecule is CC(C)(C)c1cc(NC(=O)NC2CC2)n(-c2nc3c(c(=O)[nH]2)CCC3)n1. The van der Waals surface area contributed by atoms with Crippen LogP contribution in [0.1, 0.15) is 57.0 Å². The van der Waals surface area contributed by atoms with Crippen molar-refractivity contribution >= 4 is 11.8 Å². The second-order valence-electron chi connectivity index (χ2n) is 8.12. The summed E-state index contributed by atoms with van der Waals surface area (Å²) >= 11 is 0. The van der Waals surface area contributed by atoms with Crippen molar-refractivity contribution in [3.63, 3.8) is 0 Å². The molecule has 26 heavy (non-hydrogen) atoms. The van der Waals surface area contributed by atoms with Gasteiger partial charge in [-0.3, -0.25) is 15.1 Å². The molecular weight excluding hydrogens is 332 g/mol. The predicted octanol–water partition coefficient (Wildman–Crippen LogP) is 2.03. The van der Waals surface area contributed by atoms with Gasteiger partial charge in [0.1, 0.15) is 5.82 Å². The van der Waals surface area contributed by atoms with Crippen LogP contribution in [0.5, 0.6) is 0 Å². The molecule has 2 aromatic heterocycles. The maximum absolute atomic E-state index is 12.4. The van der Waals surface area contributed by atoms with Gasteiger partial charge in [-0.1, -0.05) is 20.8 Å². The predicted molar refractivity (Wildman–Crippen MR) is 97.9 cm³/mol. The van der Waals surface area contributed by atoms with Gasteiger partial charge in [0, 0.05) is 23.1 Å². The number of H-pyrrole nitrogens is 1. The third kappa shape index (κ3) is 3.23. The molecule has 2 heterocycles. The minimum absolute atomic E-state index is 0.122. The number of carbonyl (C=O) groups excluding carboxylic acids is 1. The fourth-order valence-electron chi connectivity index (χ4n) is 3.09. The lowest BCUT2D eigenvalue weighted by molar-refractivity contribution is 0.251. The normalized spacial score (nSPS) is 16.4. The van der Waals surface area contributed by atoms with Gasteiger partial charge in [-0.2, -0.15) is 9.78 Å². The topological polar surface area (TPSA) is 105 Å². The monoisotopic (exact) mass is 356 g/mol. The Morgan fingerprint density at radius 3 is 2.77 bits per heavy atom. The Balaban J connectivity index is 1.74. The first-order chi connectivity index (χ1) is 12.3. The van der Waals surface area contributed by atoms with E-state index in [-0.39, 0.29) is 23.0 Å². The number of aromatic amines is 1. The zero-order valence-corrected chi connectivity index (χ0v) is 15.3. The Morgan fingerprint density at radius 1 is 1.31 bits per heavy atom. The van der Waals surface area contributed by atoms with Crippen molar-refractivity contribution in [3.8, 4) is 5.95 Å². The number of aromatic nitrogens is 4. The summed E-state index contributed by atoms with van der Waals surface area (Å²) in [5, 5.41) is 10.4. The lowest BCUT2D eigenvalue weighted by atomic mass is 9.92. The molecule has 1 fully saturated rings. The Kier molecular flexibility index (Phi) is 3.86. The molecule has 0 aromatic carbocycles. The third-order valence-electron chi connectivity index (χ3n) is 4.76. The van der Waals surface area contributed by atoms with Crippen LogP contribution in [0.4, 0.5) is 10.6 Å². The highest BCUT2D eigenvalue weighted by Crippen LogP contribution is 2.26. The number of hydrogen-bond donors (Lipinski definition) is 3. The zero-order valence-electron chi connectivity index (χ0n) is 15.3. The Labute approximate surface area is 151 Å². The fourth-order valence-corrected chi connectivity index (χ4v) is 3.09. The average molecular weight is 356 g/mol. The van der Waals surface area contributed by atoms with Crippen LogP contribution in [0.3, 0.4) is 0 Å². The van der Waals surface area contributed by atoms with Crippen molar-refractivity contribution in [1.29, 1.82) is 0 Å². The number of amides is 2. The molecule has 8 heteroatoms. The molecule has 3 N–H and O–H groups in total. The summed E-state index contributed by atoms with van der Waals surface area (Å²) in [7, 11) is 0. The standard InChI is InChI=1S/C18H24N6O2/c1-18(2,3)13-9-14(21-17(26)19-10-7-8-10)24(23-13)16-20-12-6-4-5-11(12)15(25)22-16/h9-10H,4-8H2,1-3H3,(H2,19,21,26)(H,20,22,25). The van der Waals surface area contributed by atoms with Gasteiger partial charge in [-0.15, -0.1) is 0 Å². The molecular formula is C18H24N6O2. The number of anilines is 1. The zero-order chi connectivity index (χ0) is 18.5. The van der Waals surface area contributed by atoms with Crippen LogP contribution in [0.15, 0.2) is 10.9 Å². The van der Waals surface area contributed by atoms with E-state index >= 15 is 0 Å². The molecule has 0 unspecified atom stereocenters. The van der Waals surface area contributed by atoms with Crippen molar-refractivity contribution in [1.82, 2.24) is 25.1 Å². The van der Waals surface area contributed by atoms with E-state index < -0.39 is 0 Å². The Morgan fingerprint density at radius 2 is 2.08 bits per heavy atom. The molecule has 4 rings (SSSR count). The van der Waals surface area contributed by atoms with E-state index in [1.54, 1.807) is 0 Å². The maximum Gasteiger partial charge on any atom is 0.320 e. The molecule has 2 aliphatic rings. The first kappa shape index (κ1) is 16.8. The number of aryl methyl sites for hydroxylation is 1. The summed E-state index contributed by atoms with van der Waals surface area (Å²) in [6.07, 6.45) is 4.53. The van der Waals surface area contributed by atoms with Crippen molar-refractivity contribution in [3.05, 3.63) is 33.4 Å². The first-order valence-electron chi connectivity index (χ1n) is 9.12. The van der Waals surface area contributed by atoms with Gasteiger partial charge in [0.25, 0.3) is 5.56 Å². The van der Waals surface area contributed by atoms with E-state index in [2.05, 4.69) is 25.7 Å². The van der Waals surface area contributed by atoms with Gasteiger partial charge in [0.05, 0.1) is 11.4 Å². The molecule has 138 valence electrons. The largest absolute Gasteiger partial charge is 0.335 e. The second-order valence-corrected chi connectivity index (χ2v) is 8.12. The molecule has 0 bridgehead atoms. The van der Waals surface area contributed by atoms with Gasteiger partial charge in [0.15, 0.2) is 0 Å². The Bertz CT molecular complexity index is 917. The summed E-state index contributed by atoms with van der Waals surface area (Å²) in [6, 6.07) is 1.82. The molecule has 2 aromatic rings. The van der Waals surface area contributed by atoms with E-state index in [1.165, 1.54) is 4.68 Å². The van der Waals surface area contributed by atoms with Crippen LogP contribution in [0, 0.1) is 0 Å². The quantitative estimate of drug-likeness (QED) is 0.782. The highest BCUT2D eigenvalue weighted by Gasteiger charge is 2.26. The number of nitrogens with zero attached hydrogens (tertiary/aromatic N) is 3. The van der Waals surface area contributed by atoms with E-state index in [1.807, 2.05) is 26.8 Å². The third-order valence-corrected chi connectivity index (χ3v) is 4.76. The number of hydrogen-bond acceptors (Lipinski definition) is 4. The van der Waals surface area contributed by atoms with Crippen LogP contribution < -0.4 is 16.2 Å². The highest BCUT2D eigenvalue weighted by atomic mass is 16.2. The van der Waals surface area contributed by atoms with Crippen LogP contribution in [0.25, 0.3) is 5.95 Å². The smallest absolute Gasteiger partial charge is 0.320 e. The van der Waals surface area contributed by atoms with Crippen molar-refractivity contribution in [2.75, 3.05) is 5.32 Å². The van der Waals surface area contributed by atoms with Crippen molar-refractivity contribution in [2.45, 2.75) is 64.3 Å². The van der Waals surface area contributed by atoms with E-state index in [9.17, 15) is 9.59 Å². The number of urea groups is 1. The molecule has 2 aliphatic carbocycles. The minimum Gasteiger partial charge on any atom is -0.335 e. The molecule has 0 radical (unpaired) electrons. The summed E-state index contributed by atoms with van der Waals surface area (Å²) < 4.78 is 1.52. The number of nitrogens with one attached hydrogen (secondary N) is 3. The van der Waals surface area contributed by atoms with Crippen molar-refractivity contribution < 1.29 is 4.79 Å². The molecule has 0 aliphatic heterocycles. The van der Waals surface area contributed by atoms with Crippen molar-refractivity contribution in [2.24, 2.45) is 0 Å². The molecule has 0 spiro atoms. The lowest BCUT2D eigenvalue weighted by Gasteiger charge is -2.14. The van der Waals surface area contributed by atoms with E-state index in [0.29, 0.717) is 11.8 Å². The molecule has 0 saturated heterocycles. The summed E-state index contributed by atoms with van der Waals surface area (Å²) in [6.45, 7) is 6.14. The highest BCUT2D eigenvalue weighted by molar-refractivity contribution is 5.89. The van der Waals surface area contributed by atoms with Crippen LogP contribution in [-0.4, -0.2) is 31.8 Å². The number of carbonyl (C=O) groups is 1. The molecule has 0 atom stereocenters. The summed E-state index contributed by atoms with van der Waals surface area (Å²) in [5.74, 6) is 0.835. The summed E-state index contributed by atoms with van der Waals surface area (Å²) in [5.41, 5.74) is 2.07. The van der Waals surface area contributed by atoms with Crippen LogP contribution >= 0.6 is 0 Å². The Hall–Kier alpha value is -2.64. The van der Waals surface area contributed by atoms with Gasteiger partial charge in [-0.25, -0.2) is 9.78 Å². The van der Waals surface area contributed by atoms with E-state index in [4.69, 9.17) is 0 Å². The van der Waals surface area contributed by atoms with Crippen LogP contribution in [0.2, 0.25) is 0 Å². The average Bonchev–Trinajstić information content (AvgIpc) is 3.07. The molecule has 1 saturated carbocycles. The van der Waals surface area contributed by atoms with Gasteiger partial charge in [-0.05, 0) is 32.1 Å². The van der Waals surface area contributed by atoms with Gasteiger partial charge in [0.2, 0.25) is 5.95 Å². The van der Waals surface area contributed by atoms with Gasteiger partial charge >= 0.3 is 6.03 Å². The molecule has 8 nitrogen and oxygen atoms in total. The minimum atomic E-state index is -0.266. The maximum atomic E-state index is 12.4. The fraction of sp³-hybridized carbons (Fsp3) is 0.556. The van der Waals surface area contributed by atoms with Gasteiger partial charge < -0.3 is 5.32 Å². The first-order valence-corrected chi connectivity index (χ1v) is 9.12. The van der Waals surface area contributed by atoms with Crippen LogP contribution in [-0.2, 0) is 18.3 Å². The van der Waals surface area contributed by atoms with E-state index in [0.717, 1.165) is 49.1 Å². The summed E-state index contributed by atoms with van der Waals surface area (Å²) in [4.78, 5) is 32.0. The lowest BCUT2D eigenvalue weighted by Crippen LogP contribution is -2.31. The number of rotatable bonds is 3. The second kappa shape index (κ2) is 5.96.